The Morgan fingerprint density at radius 3 is 2.12 bits per heavy atom. The maximum atomic E-state index is 5.14. The molecule has 0 amide bonds. The van der Waals surface area contributed by atoms with Crippen molar-refractivity contribution in [3.05, 3.63) is 6.92 Å². The van der Waals surface area contributed by atoms with E-state index in [1.807, 2.05) is 6.92 Å². The minimum atomic E-state index is 0.0794. The predicted molar refractivity (Wildman–Crippen MR) is 35.6 cm³/mol. The van der Waals surface area contributed by atoms with Crippen molar-refractivity contribution in [3.8, 4) is 0 Å². The van der Waals surface area contributed by atoms with Gasteiger partial charge < -0.3 is 4.74 Å². The van der Waals surface area contributed by atoms with Gasteiger partial charge in [0.1, 0.15) is 0 Å². The van der Waals surface area contributed by atoms with Crippen molar-refractivity contribution in [2.75, 3.05) is 13.2 Å². The molecule has 0 fully saturated rings. The number of hydrogen-bond acceptors (Lipinski definition) is 1. The third-order valence-corrected chi connectivity index (χ3v) is 0.697. The summed E-state index contributed by atoms with van der Waals surface area (Å²) in [5.41, 5.74) is 0.0794. The summed E-state index contributed by atoms with van der Waals surface area (Å²) in [5, 5.41) is 0. The average molecular weight is 115 g/mol. The summed E-state index contributed by atoms with van der Waals surface area (Å²) >= 11 is 0. The van der Waals surface area contributed by atoms with E-state index < -0.39 is 0 Å². The van der Waals surface area contributed by atoms with Crippen LogP contribution >= 0.6 is 0 Å². The topological polar surface area (TPSA) is 9.23 Å². The molecule has 0 aromatic rings. The molecule has 0 bridgehead atoms. The first kappa shape index (κ1) is 7.96. The van der Waals surface area contributed by atoms with Gasteiger partial charge in [0.15, 0.2) is 0 Å². The van der Waals surface area contributed by atoms with E-state index in [-0.39, 0.29) is 5.41 Å². The Labute approximate surface area is 52.0 Å². The van der Waals surface area contributed by atoms with Gasteiger partial charge in [-0.3, -0.25) is 0 Å². The molecular weight excluding hydrogens is 100 g/mol. The lowest BCUT2D eigenvalue weighted by Crippen LogP contribution is -2.14. The number of hydrogen-bond donors (Lipinski definition) is 0. The van der Waals surface area contributed by atoms with Crippen LogP contribution in [0.3, 0.4) is 0 Å². The van der Waals surface area contributed by atoms with E-state index in [1.54, 1.807) is 0 Å². The van der Waals surface area contributed by atoms with Crippen LogP contribution in [-0.4, -0.2) is 13.2 Å². The van der Waals surface area contributed by atoms with Gasteiger partial charge in [0.25, 0.3) is 0 Å². The highest BCUT2D eigenvalue weighted by Crippen LogP contribution is 2.11. The highest BCUT2D eigenvalue weighted by molar-refractivity contribution is 4.68. The Morgan fingerprint density at radius 2 is 2.00 bits per heavy atom. The molecule has 0 aromatic carbocycles. The minimum absolute atomic E-state index is 0.0794. The summed E-state index contributed by atoms with van der Waals surface area (Å²) in [5.74, 6) is 0. The van der Waals surface area contributed by atoms with E-state index in [9.17, 15) is 0 Å². The third kappa shape index (κ3) is 5.96. The predicted octanol–water partition coefficient (Wildman–Crippen LogP) is 1.88. The minimum Gasteiger partial charge on any atom is -0.381 e. The molecule has 1 heteroatoms. The molecule has 1 nitrogen and oxygen atoms in total. The van der Waals surface area contributed by atoms with Gasteiger partial charge in [0.2, 0.25) is 0 Å². The lowest BCUT2D eigenvalue weighted by atomic mass is 9.99. The van der Waals surface area contributed by atoms with E-state index in [1.165, 1.54) is 0 Å². The van der Waals surface area contributed by atoms with Crippen molar-refractivity contribution in [2.45, 2.75) is 20.8 Å². The molecule has 0 atom stereocenters. The zero-order valence-electron chi connectivity index (χ0n) is 6.03. The van der Waals surface area contributed by atoms with Gasteiger partial charge in [-0.05, 0) is 19.3 Å². The molecule has 0 unspecified atom stereocenters. The maximum absolute atomic E-state index is 5.14. The van der Waals surface area contributed by atoms with Crippen molar-refractivity contribution in [3.63, 3.8) is 0 Å². The molecular formula is C7H15O. The van der Waals surface area contributed by atoms with Crippen LogP contribution in [0.1, 0.15) is 20.8 Å². The molecule has 0 N–H and O–H groups in total. The van der Waals surface area contributed by atoms with Crippen LogP contribution in [0.15, 0.2) is 0 Å². The largest absolute Gasteiger partial charge is 0.381 e. The molecule has 0 aliphatic carbocycles. The van der Waals surface area contributed by atoms with Crippen molar-refractivity contribution in [1.29, 1.82) is 0 Å². The van der Waals surface area contributed by atoms with Crippen LogP contribution in [-0.2, 0) is 4.74 Å². The SMILES string of the molecule is [CH2]C(C)(C)COCC. The first-order chi connectivity index (χ1) is 3.56. The summed E-state index contributed by atoms with van der Waals surface area (Å²) in [6.45, 7) is 11.5. The van der Waals surface area contributed by atoms with Gasteiger partial charge in [-0.15, -0.1) is 0 Å². The van der Waals surface area contributed by atoms with Crippen LogP contribution in [0.5, 0.6) is 0 Å². The molecule has 0 aliphatic rings. The fourth-order valence-corrected chi connectivity index (χ4v) is 0.378. The molecule has 0 saturated heterocycles. The summed E-state index contributed by atoms with van der Waals surface area (Å²) in [7, 11) is 0. The summed E-state index contributed by atoms with van der Waals surface area (Å²) in [6, 6.07) is 0. The Morgan fingerprint density at radius 1 is 1.50 bits per heavy atom. The van der Waals surface area contributed by atoms with E-state index in [0.29, 0.717) is 0 Å². The number of ether oxygens (including phenoxy) is 1. The first-order valence-corrected chi connectivity index (χ1v) is 2.99. The third-order valence-electron chi connectivity index (χ3n) is 0.697. The fraction of sp³-hybridized carbons (Fsp3) is 0.857. The monoisotopic (exact) mass is 115 g/mol. The van der Waals surface area contributed by atoms with Gasteiger partial charge in [-0.2, -0.15) is 0 Å². The smallest absolute Gasteiger partial charge is 0.0516 e. The maximum Gasteiger partial charge on any atom is 0.0516 e. The van der Waals surface area contributed by atoms with Crippen LogP contribution < -0.4 is 0 Å². The fourth-order valence-electron chi connectivity index (χ4n) is 0.378. The van der Waals surface area contributed by atoms with Gasteiger partial charge >= 0.3 is 0 Å². The van der Waals surface area contributed by atoms with Gasteiger partial charge in [0, 0.05) is 6.61 Å². The molecule has 0 aliphatic heterocycles. The van der Waals surface area contributed by atoms with Gasteiger partial charge in [-0.1, -0.05) is 13.8 Å². The molecule has 0 aromatic heterocycles. The number of rotatable bonds is 3. The van der Waals surface area contributed by atoms with E-state index in [0.717, 1.165) is 13.2 Å². The average Bonchev–Trinajstić information content (AvgIpc) is 1.59. The highest BCUT2D eigenvalue weighted by Gasteiger charge is 2.08. The van der Waals surface area contributed by atoms with Crippen molar-refractivity contribution in [2.24, 2.45) is 5.41 Å². The Bertz CT molecular complexity index is 51.9. The molecule has 8 heavy (non-hydrogen) atoms. The second-order valence-corrected chi connectivity index (χ2v) is 2.80. The van der Waals surface area contributed by atoms with Gasteiger partial charge in [-0.25, -0.2) is 0 Å². The standard InChI is InChI=1S/C7H15O/c1-5-8-6-7(2,3)4/h2,5-6H2,1,3-4H3. The first-order valence-electron chi connectivity index (χ1n) is 2.99. The molecule has 0 heterocycles. The Kier molecular flexibility index (Phi) is 3.06. The second kappa shape index (κ2) is 3.08. The second-order valence-electron chi connectivity index (χ2n) is 2.80. The Hall–Kier alpha value is -0.0400. The lowest BCUT2D eigenvalue weighted by molar-refractivity contribution is 0.0924. The Balaban J connectivity index is 3.11. The summed E-state index contributed by atoms with van der Waals surface area (Å²) in [6.07, 6.45) is 0. The normalized spacial score (nSPS) is 12.0. The molecule has 0 rings (SSSR count). The van der Waals surface area contributed by atoms with E-state index in [4.69, 9.17) is 4.74 Å². The van der Waals surface area contributed by atoms with Gasteiger partial charge in [0.05, 0.1) is 6.61 Å². The quantitative estimate of drug-likeness (QED) is 0.545. The van der Waals surface area contributed by atoms with Crippen molar-refractivity contribution >= 4 is 0 Å². The molecule has 49 valence electrons. The van der Waals surface area contributed by atoms with Crippen LogP contribution in [0, 0.1) is 12.3 Å². The molecule has 0 spiro atoms. The van der Waals surface area contributed by atoms with E-state index >= 15 is 0 Å². The van der Waals surface area contributed by atoms with Crippen LogP contribution in [0.4, 0.5) is 0 Å². The zero-order valence-corrected chi connectivity index (χ0v) is 6.03. The van der Waals surface area contributed by atoms with Crippen LogP contribution in [0.25, 0.3) is 0 Å². The lowest BCUT2D eigenvalue weighted by Gasteiger charge is -2.16. The van der Waals surface area contributed by atoms with E-state index in [2.05, 4.69) is 20.8 Å². The summed E-state index contributed by atoms with van der Waals surface area (Å²) < 4.78 is 5.14. The van der Waals surface area contributed by atoms with Crippen molar-refractivity contribution in [1.82, 2.24) is 0 Å². The zero-order chi connectivity index (χ0) is 6.62. The highest BCUT2D eigenvalue weighted by atomic mass is 16.5. The van der Waals surface area contributed by atoms with Crippen LogP contribution in [0.2, 0.25) is 0 Å². The molecule has 0 saturated carbocycles. The summed E-state index contributed by atoms with van der Waals surface area (Å²) in [4.78, 5) is 0. The van der Waals surface area contributed by atoms with Crippen molar-refractivity contribution < 1.29 is 4.74 Å². The molecule has 1 radical (unpaired) electrons.